The first-order valence-corrected chi connectivity index (χ1v) is 11.9. The van der Waals surface area contributed by atoms with Gasteiger partial charge in [-0.05, 0) is 86.8 Å². The first kappa shape index (κ1) is 24.9. The molecule has 5 heteroatoms. The van der Waals surface area contributed by atoms with E-state index in [-0.39, 0.29) is 0 Å². The molecule has 5 nitrogen and oxygen atoms in total. The Morgan fingerprint density at radius 1 is 0.645 bits per heavy atom. The van der Waals surface area contributed by atoms with Gasteiger partial charge in [-0.1, -0.05) is 38.8 Å². The molecule has 2 rings (SSSR count). The molecule has 172 valence electrons. The second-order valence-electron chi connectivity index (χ2n) is 8.66. The number of nitrogens with two attached hydrogens (primary N) is 4. The number of ether oxygens (including phenoxy) is 1. The van der Waals surface area contributed by atoms with Crippen LogP contribution in [0.2, 0.25) is 0 Å². The summed E-state index contributed by atoms with van der Waals surface area (Å²) in [6, 6.07) is 11.6. The predicted octanol–water partition coefficient (Wildman–Crippen LogP) is 5.72. The summed E-state index contributed by atoms with van der Waals surface area (Å²) in [6.07, 6.45) is 11.3. The average molecular weight is 427 g/mol. The zero-order valence-corrected chi connectivity index (χ0v) is 19.4. The first-order valence-electron chi connectivity index (χ1n) is 11.9. The SMILES string of the molecule is CCCC(CCCc1ccc(N)cc1N)OC(CCC)CCCc1ccc(N)cc1N. The van der Waals surface area contributed by atoms with Crippen molar-refractivity contribution in [2.45, 2.75) is 90.3 Å². The van der Waals surface area contributed by atoms with Crippen molar-refractivity contribution in [3.05, 3.63) is 47.5 Å². The van der Waals surface area contributed by atoms with Gasteiger partial charge in [0, 0.05) is 22.7 Å². The molecular formula is C26H42N4O. The molecule has 31 heavy (non-hydrogen) atoms. The number of nitrogen functional groups attached to an aromatic ring is 4. The number of hydrogen-bond acceptors (Lipinski definition) is 5. The number of aryl methyl sites for hydroxylation is 2. The van der Waals surface area contributed by atoms with Crippen molar-refractivity contribution in [3.8, 4) is 0 Å². The van der Waals surface area contributed by atoms with Crippen LogP contribution in [-0.2, 0) is 17.6 Å². The quantitative estimate of drug-likeness (QED) is 0.289. The van der Waals surface area contributed by atoms with Gasteiger partial charge in [-0.2, -0.15) is 0 Å². The lowest BCUT2D eigenvalue weighted by Crippen LogP contribution is -2.23. The van der Waals surface area contributed by atoms with E-state index < -0.39 is 0 Å². The van der Waals surface area contributed by atoms with E-state index in [2.05, 4.69) is 13.8 Å². The van der Waals surface area contributed by atoms with Crippen molar-refractivity contribution in [2.75, 3.05) is 22.9 Å². The van der Waals surface area contributed by atoms with Crippen LogP contribution >= 0.6 is 0 Å². The lowest BCUT2D eigenvalue weighted by molar-refractivity contribution is -0.0302. The molecule has 0 aromatic heterocycles. The molecular weight excluding hydrogens is 384 g/mol. The van der Waals surface area contributed by atoms with Crippen LogP contribution in [0.15, 0.2) is 36.4 Å². The Kier molecular flexibility index (Phi) is 10.5. The highest BCUT2D eigenvalue weighted by Crippen LogP contribution is 2.23. The van der Waals surface area contributed by atoms with Gasteiger partial charge >= 0.3 is 0 Å². The Morgan fingerprint density at radius 3 is 1.42 bits per heavy atom. The lowest BCUT2D eigenvalue weighted by atomic mass is 10.00. The van der Waals surface area contributed by atoms with Gasteiger partial charge in [-0.15, -0.1) is 0 Å². The number of benzene rings is 2. The smallest absolute Gasteiger partial charge is 0.0579 e. The fraction of sp³-hybridized carbons (Fsp3) is 0.538. The van der Waals surface area contributed by atoms with Gasteiger partial charge in [0.2, 0.25) is 0 Å². The Hall–Kier alpha value is -2.40. The molecule has 0 fully saturated rings. The fourth-order valence-electron chi connectivity index (χ4n) is 4.20. The largest absolute Gasteiger partial charge is 0.399 e. The van der Waals surface area contributed by atoms with Crippen LogP contribution in [0.25, 0.3) is 0 Å². The van der Waals surface area contributed by atoms with E-state index in [0.29, 0.717) is 12.2 Å². The van der Waals surface area contributed by atoms with Crippen LogP contribution < -0.4 is 22.9 Å². The van der Waals surface area contributed by atoms with Crippen molar-refractivity contribution in [2.24, 2.45) is 0 Å². The molecule has 0 amide bonds. The molecule has 8 N–H and O–H groups in total. The van der Waals surface area contributed by atoms with E-state index in [1.165, 1.54) is 11.1 Å². The molecule has 0 bridgehead atoms. The van der Waals surface area contributed by atoms with Gasteiger partial charge in [-0.3, -0.25) is 0 Å². The number of hydrogen-bond donors (Lipinski definition) is 4. The molecule has 2 aromatic rings. The highest BCUT2D eigenvalue weighted by atomic mass is 16.5. The average Bonchev–Trinajstić information content (AvgIpc) is 2.71. The number of anilines is 4. The van der Waals surface area contributed by atoms with Crippen molar-refractivity contribution in [1.29, 1.82) is 0 Å². The maximum absolute atomic E-state index is 6.60. The Bertz CT molecular complexity index is 727. The summed E-state index contributed by atoms with van der Waals surface area (Å²) in [7, 11) is 0. The van der Waals surface area contributed by atoms with E-state index in [1.807, 2.05) is 36.4 Å². The normalized spacial score (nSPS) is 13.2. The highest BCUT2D eigenvalue weighted by molar-refractivity contribution is 5.57. The van der Waals surface area contributed by atoms with Crippen LogP contribution in [-0.4, -0.2) is 12.2 Å². The molecule has 0 aliphatic carbocycles. The third kappa shape index (κ3) is 8.70. The molecule has 2 aromatic carbocycles. The Labute approximate surface area is 188 Å². The van der Waals surface area contributed by atoms with E-state index in [9.17, 15) is 0 Å². The van der Waals surface area contributed by atoms with E-state index in [0.717, 1.165) is 87.0 Å². The van der Waals surface area contributed by atoms with E-state index in [1.54, 1.807) is 0 Å². The minimum absolute atomic E-state index is 0.304. The summed E-state index contributed by atoms with van der Waals surface area (Å²) in [6.45, 7) is 4.46. The van der Waals surface area contributed by atoms with Crippen LogP contribution in [0.5, 0.6) is 0 Å². The third-order valence-electron chi connectivity index (χ3n) is 5.89. The number of rotatable bonds is 14. The summed E-state index contributed by atoms with van der Waals surface area (Å²) in [5, 5.41) is 0. The second-order valence-corrected chi connectivity index (χ2v) is 8.66. The maximum Gasteiger partial charge on any atom is 0.0579 e. The fourth-order valence-corrected chi connectivity index (χ4v) is 4.20. The Balaban J connectivity index is 1.84. The zero-order valence-electron chi connectivity index (χ0n) is 19.4. The van der Waals surface area contributed by atoms with Crippen molar-refractivity contribution in [1.82, 2.24) is 0 Å². The molecule has 0 radical (unpaired) electrons. The minimum Gasteiger partial charge on any atom is -0.399 e. The summed E-state index contributed by atoms with van der Waals surface area (Å²) in [4.78, 5) is 0. The standard InChI is InChI=1S/C26H42N4O/c1-3-7-23(11-5-9-19-13-15-21(27)17-25(19)29)31-24(8-4-2)12-6-10-20-14-16-22(28)18-26(20)30/h13-18,23-24H,3-12,27-30H2,1-2H3. The second kappa shape index (κ2) is 13.1. The van der Waals surface area contributed by atoms with Gasteiger partial charge in [0.25, 0.3) is 0 Å². The van der Waals surface area contributed by atoms with Crippen molar-refractivity contribution in [3.63, 3.8) is 0 Å². The van der Waals surface area contributed by atoms with Gasteiger partial charge in [0.05, 0.1) is 12.2 Å². The molecule has 0 aliphatic rings. The van der Waals surface area contributed by atoms with Crippen LogP contribution in [0, 0.1) is 0 Å². The molecule has 2 unspecified atom stereocenters. The van der Waals surface area contributed by atoms with E-state index >= 15 is 0 Å². The zero-order chi connectivity index (χ0) is 22.6. The minimum atomic E-state index is 0.304. The van der Waals surface area contributed by atoms with Gasteiger partial charge in [-0.25, -0.2) is 0 Å². The monoisotopic (exact) mass is 426 g/mol. The maximum atomic E-state index is 6.60. The topological polar surface area (TPSA) is 113 Å². The van der Waals surface area contributed by atoms with Crippen molar-refractivity contribution >= 4 is 22.7 Å². The van der Waals surface area contributed by atoms with Gasteiger partial charge in [0.1, 0.15) is 0 Å². The predicted molar refractivity (Wildman–Crippen MR) is 135 cm³/mol. The molecule has 2 atom stereocenters. The highest BCUT2D eigenvalue weighted by Gasteiger charge is 2.16. The summed E-state index contributed by atoms with van der Waals surface area (Å²) >= 11 is 0. The van der Waals surface area contributed by atoms with Crippen molar-refractivity contribution < 1.29 is 4.74 Å². The van der Waals surface area contributed by atoms with Gasteiger partial charge in [0.15, 0.2) is 0 Å². The van der Waals surface area contributed by atoms with Crippen LogP contribution in [0.3, 0.4) is 0 Å². The van der Waals surface area contributed by atoms with Crippen LogP contribution in [0.4, 0.5) is 22.7 Å². The molecule has 0 heterocycles. The van der Waals surface area contributed by atoms with Gasteiger partial charge < -0.3 is 27.7 Å². The van der Waals surface area contributed by atoms with E-state index in [4.69, 9.17) is 27.7 Å². The summed E-state index contributed by atoms with van der Waals surface area (Å²) in [5.41, 5.74) is 29.2. The van der Waals surface area contributed by atoms with Crippen LogP contribution in [0.1, 0.15) is 76.3 Å². The molecule has 0 aliphatic heterocycles. The molecule has 0 saturated carbocycles. The lowest BCUT2D eigenvalue weighted by Gasteiger charge is -2.25. The summed E-state index contributed by atoms with van der Waals surface area (Å²) in [5.74, 6) is 0. The first-order chi connectivity index (χ1) is 14.9. The molecule has 0 spiro atoms. The Morgan fingerprint density at radius 2 is 1.06 bits per heavy atom. The summed E-state index contributed by atoms with van der Waals surface area (Å²) < 4.78 is 6.60. The molecule has 0 saturated heterocycles. The third-order valence-corrected chi connectivity index (χ3v) is 5.89.